The summed E-state index contributed by atoms with van der Waals surface area (Å²) >= 11 is 0.611. The molecule has 0 fully saturated rings. The lowest BCUT2D eigenvalue weighted by atomic mass is 9.96. The predicted octanol–water partition coefficient (Wildman–Crippen LogP) is 2.60. The number of nitrogens with zero attached hydrogens (tertiary/aromatic N) is 2. The number of carbonyl (C=O) groups excluding carboxylic acids is 1. The van der Waals surface area contributed by atoms with Crippen LogP contribution < -0.4 is 10.0 Å². The van der Waals surface area contributed by atoms with Crippen LogP contribution >= 0.6 is 11.3 Å². The molecule has 1 aromatic carbocycles. The maximum atomic E-state index is 13.5. The Labute approximate surface area is 141 Å². The second-order valence-electron chi connectivity index (χ2n) is 5.81. The highest BCUT2D eigenvalue weighted by molar-refractivity contribution is 7.94. The van der Waals surface area contributed by atoms with E-state index in [9.17, 15) is 22.0 Å². The lowest BCUT2D eigenvalue weighted by Crippen LogP contribution is -2.27. The maximum Gasteiger partial charge on any atom is 0.291 e. The molecule has 0 bridgehead atoms. The molecule has 1 amide bonds. The largest absolute Gasteiger partial charge is 0.300 e. The number of amides is 1. The molecule has 7 nitrogen and oxygen atoms in total. The van der Waals surface area contributed by atoms with Gasteiger partial charge in [0.25, 0.3) is 14.4 Å². The SMILES string of the molecule is CC(C)(C)C(=O)Nc1nnc(S(=O)(=O)Nc2ccc(F)cc2F)s1. The Morgan fingerprint density at radius 1 is 1.21 bits per heavy atom. The van der Waals surface area contributed by atoms with Crippen molar-refractivity contribution in [1.29, 1.82) is 0 Å². The van der Waals surface area contributed by atoms with Gasteiger partial charge >= 0.3 is 0 Å². The van der Waals surface area contributed by atoms with Crippen LogP contribution in [0.25, 0.3) is 0 Å². The van der Waals surface area contributed by atoms with Crippen LogP contribution in [0.4, 0.5) is 19.6 Å². The topological polar surface area (TPSA) is 101 Å². The summed E-state index contributed by atoms with van der Waals surface area (Å²) in [5, 5.41) is 9.49. The first-order valence-corrected chi connectivity index (χ1v) is 8.92. The van der Waals surface area contributed by atoms with Crippen LogP contribution in [0.1, 0.15) is 20.8 Å². The summed E-state index contributed by atoms with van der Waals surface area (Å²) in [6.45, 7) is 5.04. The number of nitrogens with one attached hydrogen (secondary N) is 2. The molecule has 0 saturated heterocycles. The summed E-state index contributed by atoms with van der Waals surface area (Å²) in [6.07, 6.45) is 0. The van der Waals surface area contributed by atoms with E-state index < -0.39 is 37.1 Å². The standard InChI is InChI=1S/C13H14F2N4O3S2/c1-13(2,3)10(20)16-11-17-18-12(23-11)24(21,22)19-9-5-4-7(14)6-8(9)15/h4-6,19H,1-3H3,(H,16,17,20). The van der Waals surface area contributed by atoms with Crippen LogP contribution in [0.2, 0.25) is 0 Å². The molecule has 11 heteroatoms. The molecule has 1 heterocycles. The first kappa shape index (κ1) is 18.2. The average Bonchev–Trinajstić information content (AvgIpc) is 2.90. The Kier molecular flexibility index (Phi) is 4.85. The number of anilines is 2. The molecule has 0 aliphatic heterocycles. The van der Waals surface area contributed by atoms with Gasteiger partial charge in [-0.15, -0.1) is 10.2 Å². The molecular weight excluding hydrogens is 362 g/mol. The molecule has 1 aromatic heterocycles. The highest BCUT2D eigenvalue weighted by Crippen LogP contribution is 2.25. The van der Waals surface area contributed by atoms with Gasteiger partial charge in [-0.1, -0.05) is 32.1 Å². The third-order valence-electron chi connectivity index (χ3n) is 2.71. The van der Waals surface area contributed by atoms with Crippen molar-refractivity contribution in [2.24, 2.45) is 5.41 Å². The van der Waals surface area contributed by atoms with E-state index >= 15 is 0 Å². The lowest BCUT2D eigenvalue weighted by molar-refractivity contribution is -0.123. The summed E-state index contributed by atoms with van der Waals surface area (Å²) in [5.41, 5.74) is -1.12. The molecule has 0 saturated carbocycles. The van der Waals surface area contributed by atoms with E-state index in [0.29, 0.717) is 17.4 Å². The smallest absolute Gasteiger partial charge is 0.291 e. The van der Waals surface area contributed by atoms with Gasteiger partial charge in [0, 0.05) is 11.5 Å². The third-order valence-corrected chi connectivity index (χ3v) is 5.29. The van der Waals surface area contributed by atoms with Crippen molar-refractivity contribution in [1.82, 2.24) is 10.2 Å². The fraction of sp³-hybridized carbons (Fsp3) is 0.308. The Hall–Kier alpha value is -2.14. The number of rotatable bonds is 4. The number of aromatic nitrogens is 2. The summed E-state index contributed by atoms with van der Waals surface area (Å²) in [6, 6.07) is 2.41. The van der Waals surface area contributed by atoms with Crippen LogP contribution in [0.3, 0.4) is 0 Å². The molecule has 0 aliphatic rings. The quantitative estimate of drug-likeness (QED) is 0.799. The zero-order valence-electron chi connectivity index (χ0n) is 12.9. The van der Waals surface area contributed by atoms with Crippen molar-refractivity contribution in [2.45, 2.75) is 25.1 Å². The van der Waals surface area contributed by atoms with E-state index in [0.717, 1.165) is 12.1 Å². The van der Waals surface area contributed by atoms with E-state index in [2.05, 4.69) is 15.5 Å². The molecule has 0 unspecified atom stereocenters. The van der Waals surface area contributed by atoms with E-state index in [1.165, 1.54) is 0 Å². The highest BCUT2D eigenvalue weighted by Gasteiger charge is 2.25. The van der Waals surface area contributed by atoms with Crippen LogP contribution in [0.15, 0.2) is 22.5 Å². The summed E-state index contributed by atoms with van der Waals surface area (Å²) in [4.78, 5) is 11.8. The monoisotopic (exact) mass is 376 g/mol. The van der Waals surface area contributed by atoms with Crippen molar-refractivity contribution in [3.63, 3.8) is 0 Å². The second-order valence-corrected chi connectivity index (χ2v) is 8.64. The minimum atomic E-state index is -4.22. The van der Waals surface area contributed by atoms with Crippen molar-refractivity contribution in [3.8, 4) is 0 Å². The number of hydrogen-bond donors (Lipinski definition) is 2. The van der Waals surface area contributed by atoms with Crippen molar-refractivity contribution in [3.05, 3.63) is 29.8 Å². The van der Waals surface area contributed by atoms with Gasteiger partial charge in [-0.05, 0) is 12.1 Å². The first-order chi connectivity index (χ1) is 11.0. The molecule has 2 aromatic rings. The number of carbonyl (C=O) groups is 1. The molecule has 0 aliphatic carbocycles. The first-order valence-electron chi connectivity index (χ1n) is 6.62. The van der Waals surface area contributed by atoms with Crippen LogP contribution in [-0.4, -0.2) is 24.5 Å². The normalized spacial score (nSPS) is 12.0. The van der Waals surface area contributed by atoms with Gasteiger partial charge in [0.1, 0.15) is 11.6 Å². The van der Waals surface area contributed by atoms with Gasteiger partial charge in [0.05, 0.1) is 5.69 Å². The van der Waals surface area contributed by atoms with E-state index in [1.54, 1.807) is 20.8 Å². The average molecular weight is 376 g/mol. The molecule has 24 heavy (non-hydrogen) atoms. The van der Waals surface area contributed by atoms with Gasteiger partial charge in [-0.3, -0.25) is 9.52 Å². The van der Waals surface area contributed by atoms with Gasteiger partial charge in [-0.2, -0.15) is 8.42 Å². The number of benzene rings is 1. The van der Waals surface area contributed by atoms with Crippen LogP contribution in [0, 0.1) is 17.0 Å². The Morgan fingerprint density at radius 2 is 1.88 bits per heavy atom. The lowest BCUT2D eigenvalue weighted by Gasteiger charge is -2.15. The minimum Gasteiger partial charge on any atom is -0.300 e. The molecule has 0 atom stereocenters. The van der Waals surface area contributed by atoms with Gasteiger partial charge in [0.2, 0.25) is 11.0 Å². The third kappa shape index (κ3) is 4.23. The Morgan fingerprint density at radius 3 is 2.46 bits per heavy atom. The summed E-state index contributed by atoms with van der Waals surface area (Å²) in [7, 11) is -4.22. The number of halogens is 2. The zero-order chi connectivity index (χ0) is 18.1. The van der Waals surface area contributed by atoms with Gasteiger partial charge < -0.3 is 5.32 Å². The van der Waals surface area contributed by atoms with E-state index in [1.807, 2.05) is 4.72 Å². The number of hydrogen-bond acceptors (Lipinski definition) is 6. The molecule has 0 spiro atoms. The Balaban J connectivity index is 2.20. The molecular formula is C13H14F2N4O3S2. The van der Waals surface area contributed by atoms with Crippen LogP contribution in [0.5, 0.6) is 0 Å². The minimum absolute atomic E-state index is 0.00474. The van der Waals surface area contributed by atoms with Gasteiger partial charge in [0.15, 0.2) is 0 Å². The molecule has 2 N–H and O–H groups in total. The Bertz CT molecular complexity index is 876. The fourth-order valence-electron chi connectivity index (χ4n) is 1.41. The highest BCUT2D eigenvalue weighted by atomic mass is 32.2. The van der Waals surface area contributed by atoms with Crippen molar-refractivity contribution in [2.75, 3.05) is 10.0 Å². The summed E-state index contributed by atoms with van der Waals surface area (Å²) in [5.74, 6) is -2.26. The molecule has 130 valence electrons. The van der Waals surface area contributed by atoms with Gasteiger partial charge in [-0.25, -0.2) is 8.78 Å². The molecule has 2 rings (SSSR count). The predicted molar refractivity (Wildman–Crippen MR) is 85.2 cm³/mol. The van der Waals surface area contributed by atoms with E-state index in [4.69, 9.17) is 0 Å². The fourth-order valence-corrected chi connectivity index (χ4v) is 3.38. The van der Waals surface area contributed by atoms with Crippen molar-refractivity contribution < 1.29 is 22.0 Å². The second kappa shape index (κ2) is 6.40. The van der Waals surface area contributed by atoms with Crippen molar-refractivity contribution >= 4 is 38.1 Å². The van der Waals surface area contributed by atoms with E-state index in [-0.39, 0.29) is 11.0 Å². The summed E-state index contributed by atoms with van der Waals surface area (Å²) < 4.78 is 52.2. The number of sulfonamides is 1. The zero-order valence-corrected chi connectivity index (χ0v) is 14.6. The molecule has 0 radical (unpaired) electrons. The van der Waals surface area contributed by atoms with Crippen LogP contribution in [-0.2, 0) is 14.8 Å². The maximum absolute atomic E-state index is 13.5.